The molecule has 0 aliphatic rings. The van der Waals surface area contributed by atoms with Gasteiger partial charge in [-0.2, -0.15) is 0 Å². The SMILES string of the molecule is CS(=O)CCNC(=O)c1ccncc1NN. The molecule has 1 aromatic rings. The van der Waals surface area contributed by atoms with Crippen molar-refractivity contribution < 1.29 is 9.00 Å². The van der Waals surface area contributed by atoms with Gasteiger partial charge in [0.15, 0.2) is 0 Å². The number of nitrogens with zero attached hydrogens (tertiary/aromatic N) is 1. The first-order valence-electron chi connectivity index (χ1n) is 4.64. The molecule has 1 aromatic heterocycles. The third-order valence-corrected chi connectivity index (χ3v) is 2.68. The highest BCUT2D eigenvalue weighted by atomic mass is 32.2. The Balaban J connectivity index is 2.62. The summed E-state index contributed by atoms with van der Waals surface area (Å²) in [6.07, 6.45) is 4.56. The van der Waals surface area contributed by atoms with Crippen LogP contribution in [0, 0.1) is 0 Å². The summed E-state index contributed by atoms with van der Waals surface area (Å²) in [6.45, 7) is 0.369. The average Bonchev–Trinajstić information content (AvgIpc) is 2.28. The van der Waals surface area contributed by atoms with Crippen molar-refractivity contribution in [1.82, 2.24) is 10.3 Å². The molecule has 1 atom stereocenters. The molecular weight excluding hydrogens is 228 g/mol. The summed E-state index contributed by atoms with van der Waals surface area (Å²) in [5, 5.41) is 2.65. The summed E-state index contributed by atoms with van der Waals surface area (Å²) in [4.78, 5) is 15.5. The lowest BCUT2D eigenvalue weighted by molar-refractivity contribution is 0.0957. The highest BCUT2D eigenvalue weighted by Gasteiger charge is 2.09. The first kappa shape index (κ1) is 12.6. The number of pyridine rings is 1. The molecule has 4 N–H and O–H groups in total. The standard InChI is InChI=1S/C9H14N4O2S/c1-16(15)5-4-12-9(14)7-2-3-11-6-8(7)13-10/h2-3,6,13H,4-5,10H2,1H3,(H,12,14). The van der Waals surface area contributed by atoms with Gasteiger partial charge < -0.3 is 10.7 Å². The molecule has 0 radical (unpaired) electrons. The van der Waals surface area contributed by atoms with Crippen LogP contribution >= 0.6 is 0 Å². The molecule has 0 aliphatic carbocycles. The molecule has 1 heterocycles. The van der Waals surface area contributed by atoms with Crippen molar-refractivity contribution in [3.63, 3.8) is 0 Å². The quantitative estimate of drug-likeness (QED) is 0.476. The van der Waals surface area contributed by atoms with E-state index in [9.17, 15) is 9.00 Å². The van der Waals surface area contributed by atoms with Crippen LogP contribution in [0.15, 0.2) is 18.5 Å². The lowest BCUT2D eigenvalue weighted by Gasteiger charge is -2.08. The fraction of sp³-hybridized carbons (Fsp3) is 0.333. The van der Waals surface area contributed by atoms with Crippen LogP contribution in [0.3, 0.4) is 0 Å². The summed E-state index contributed by atoms with van der Waals surface area (Å²) < 4.78 is 10.8. The summed E-state index contributed by atoms with van der Waals surface area (Å²) in [5.41, 5.74) is 3.26. The van der Waals surface area contributed by atoms with E-state index in [0.29, 0.717) is 23.5 Å². The summed E-state index contributed by atoms with van der Waals surface area (Å²) in [7, 11) is -0.913. The van der Waals surface area contributed by atoms with Crippen LogP contribution in [0.5, 0.6) is 0 Å². The van der Waals surface area contributed by atoms with Crippen LogP contribution < -0.4 is 16.6 Å². The van der Waals surface area contributed by atoms with Crippen molar-refractivity contribution in [2.45, 2.75) is 0 Å². The van der Waals surface area contributed by atoms with Gasteiger partial charge in [0, 0.05) is 35.5 Å². The van der Waals surface area contributed by atoms with Gasteiger partial charge in [0.25, 0.3) is 5.91 Å². The number of anilines is 1. The van der Waals surface area contributed by atoms with Crippen molar-refractivity contribution in [3.05, 3.63) is 24.0 Å². The predicted octanol–water partition coefficient (Wildman–Crippen LogP) is -0.524. The van der Waals surface area contributed by atoms with Crippen LogP contribution in [0.1, 0.15) is 10.4 Å². The largest absolute Gasteiger partial charge is 0.351 e. The Hall–Kier alpha value is -1.47. The van der Waals surface area contributed by atoms with Gasteiger partial charge in [0.05, 0.1) is 17.4 Å². The third kappa shape index (κ3) is 3.59. The number of nitrogens with one attached hydrogen (secondary N) is 2. The lowest BCUT2D eigenvalue weighted by Crippen LogP contribution is -2.28. The van der Waals surface area contributed by atoms with Crippen LogP contribution in [-0.4, -0.2) is 33.7 Å². The van der Waals surface area contributed by atoms with Gasteiger partial charge >= 0.3 is 0 Å². The van der Waals surface area contributed by atoms with E-state index in [2.05, 4.69) is 15.7 Å². The van der Waals surface area contributed by atoms with Crippen molar-refractivity contribution >= 4 is 22.4 Å². The Morgan fingerprint density at radius 2 is 2.38 bits per heavy atom. The van der Waals surface area contributed by atoms with E-state index in [1.165, 1.54) is 12.4 Å². The maximum atomic E-state index is 11.7. The van der Waals surface area contributed by atoms with E-state index in [1.807, 2.05) is 0 Å². The Labute approximate surface area is 96.1 Å². The van der Waals surface area contributed by atoms with Crippen LogP contribution in [-0.2, 0) is 10.8 Å². The number of hydrogen-bond acceptors (Lipinski definition) is 5. The molecule has 0 aromatic carbocycles. The van der Waals surface area contributed by atoms with Crippen molar-refractivity contribution in [2.24, 2.45) is 5.84 Å². The normalized spacial score (nSPS) is 11.9. The molecule has 88 valence electrons. The number of hydrazine groups is 1. The van der Waals surface area contributed by atoms with E-state index in [4.69, 9.17) is 5.84 Å². The summed E-state index contributed by atoms with van der Waals surface area (Å²) >= 11 is 0. The predicted molar refractivity (Wildman–Crippen MR) is 63.3 cm³/mol. The first-order valence-corrected chi connectivity index (χ1v) is 6.36. The lowest BCUT2D eigenvalue weighted by atomic mass is 10.2. The van der Waals surface area contributed by atoms with Gasteiger partial charge in [-0.25, -0.2) is 0 Å². The molecule has 0 saturated carbocycles. The fourth-order valence-corrected chi connectivity index (χ4v) is 1.50. The second kappa shape index (κ2) is 6.19. The van der Waals surface area contributed by atoms with Gasteiger partial charge in [-0.05, 0) is 6.07 Å². The van der Waals surface area contributed by atoms with Crippen LogP contribution in [0.2, 0.25) is 0 Å². The zero-order chi connectivity index (χ0) is 12.0. The highest BCUT2D eigenvalue weighted by molar-refractivity contribution is 7.84. The van der Waals surface area contributed by atoms with Gasteiger partial charge in [-0.15, -0.1) is 0 Å². The van der Waals surface area contributed by atoms with Gasteiger partial charge in [-0.3, -0.25) is 19.8 Å². The molecule has 0 fully saturated rings. The highest BCUT2D eigenvalue weighted by Crippen LogP contribution is 2.10. The number of carbonyl (C=O) groups excluding carboxylic acids is 1. The number of nitrogen functional groups attached to an aromatic ring is 1. The fourth-order valence-electron chi connectivity index (χ4n) is 1.11. The average molecular weight is 242 g/mol. The Morgan fingerprint density at radius 3 is 3.00 bits per heavy atom. The van der Waals surface area contributed by atoms with Crippen LogP contribution in [0.4, 0.5) is 5.69 Å². The van der Waals surface area contributed by atoms with E-state index in [0.717, 1.165) is 0 Å². The summed E-state index contributed by atoms with van der Waals surface area (Å²) in [5.74, 6) is 5.42. The summed E-state index contributed by atoms with van der Waals surface area (Å²) in [6, 6.07) is 1.56. The molecule has 0 aliphatic heterocycles. The monoisotopic (exact) mass is 242 g/mol. The molecule has 1 rings (SSSR count). The zero-order valence-corrected chi connectivity index (χ0v) is 9.71. The molecule has 1 unspecified atom stereocenters. The molecule has 7 heteroatoms. The molecule has 0 bridgehead atoms. The first-order chi connectivity index (χ1) is 7.65. The van der Waals surface area contributed by atoms with E-state index >= 15 is 0 Å². The van der Waals surface area contributed by atoms with Crippen molar-refractivity contribution in [2.75, 3.05) is 24.0 Å². The minimum Gasteiger partial charge on any atom is -0.351 e. The number of nitrogens with two attached hydrogens (primary N) is 1. The number of hydrogen-bond donors (Lipinski definition) is 3. The molecule has 16 heavy (non-hydrogen) atoms. The zero-order valence-electron chi connectivity index (χ0n) is 8.90. The Kier molecular flexibility index (Phi) is 4.87. The van der Waals surface area contributed by atoms with Gasteiger partial charge in [0.2, 0.25) is 0 Å². The number of carbonyl (C=O) groups is 1. The second-order valence-corrected chi connectivity index (χ2v) is 4.65. The van der Waals surface area contributed by atoms with Crippen molar-refractivity contribution in [3.8, 4) is 0 Å². The minimum atomic E-state index is -0.913. The molecule has 1 amide bonds. The minimum absolute atomic E-state index is 0.263. The second-order valence-electron chi connectivity index (χ2n) is 3.10. The third-order valence-electron chi connectivity index (χ3n) is 1.90. The Bertz CT molecular complexity index is 397. The molecular formula is C9H14N4O2S. The van der Waals surface area contributed by atoms with E-state index in [-0.39, 0.29) is 5.91 Å². The molecule has 0 saturated heterocycles. The van der Waals surface area contributed by atoms with Gasteiger partial charge in [-0.1, -0.05) is 0 Å². The number of rotatable bonds is 5. The maximum Gasteiger partial charge on any atom is 0.253 e. The Morgan fingerprint density at radius 1 is 1.62 bits per heavy atom. The molecule has 6 nitrogen and oxygen atoms in total. The number of amides is 1. The van der Waals surface area contributed by atoms with E-state index in [1.54, 1.807) is 12.3 Å². The maximum absolute atomic E-state index is 11.7. The topological polar surface area (TPSA) is 97.1 Å². The smallest absolute Gasteiger partial charge is 0.253 e. The van der Waals surface area contributed by atoms with Gasteiger partial charge in [0.1, 0.15) is 0 Å². The van der Waals surface area contributed by atoms with Crippen LogP contribution in [0.25, 0.3) is 0 Å². The molecule has 0 spiro atoms. The van der Waals surface area contributed by atoms with E-state index < -0.39 is 10.8 Å². The number of aromatic nitrogens is 1. The van der Waals surface area contributed by atoms with Crippen molar-refractivity contribution in [1.29, 1.82) is 0 Å².